The molecule has 4 heteroatoms. The number of benzene rings is 1. The van der Waals surface area contributed by atoms with Crippen molar-refractivity contribution in [1.29, 1.82) is 0 Å². The molecular weight excluding hydrogens is 278 g/mol. The summed E-state index contributed by atoms with van der Waals surface area (Å²) in [5, 5.41) is 3.11. The first-order chi connectivity index (χ1) is 10.6. The standard InChI is InChI=1S/C18H25NO3/c1-13-6-4-5-7-16(13)19-18(20)11-8-14-12-15(21-2)9-10-17(14)22-3/h8-13,16H,4-7H2,1-3H3,(H,19,20)/b11-8+/t13-,16+/m1/s1. The van der Waals surface area contributed by atoms with Crippen LogP contribution in [0.4, 0.5) is 0 Å². The molecule has 0 spiro atoms. The molecule has 120 valence electrons. The second-order valence-electron chi connectivity index (χ2n) is 5.82. The van der Waals surface area contributed by atoms with Crippen molar-refractivity contribution in [2.45, 2.75) is 38.6 Å². The molecule has 2 atom stereocenters. The summed E-state index contributed by atoms with van der Waals surface area (Å²) in [6.45, 7) is 2.21. The Kier molecular flexibility index (Phi) is 5.87. The van der Waals surface area contributed by atoms with Crippen LogP contribution in [-0.2, 0) is 4.79 Å². The number of amides is 1. The fourth-order valence-corrected chi connectivity index (χ4v) is 2.90. The Morgan fingerprint density at radius 3 is 2.68 bits per heavy atom. The number of hydrogen-bond donors (Lipinski definition) is 1. The maximum absolute atomic E-state index is 12.1. The molecule has 1 aromatic rings. The van der Waals surface area contributed by atoms with Crippen LogP contribution in [0.1, 0.15) is 38.2 Å². The highest BCUT2D eigenvalue weighted by atomic mass is 16.5. The highest BCUT2D eigenvalue weighted by Crippen LogP contribution is 2.26. The highest BCUT2D eigenvalue weighted by Gasteiger charge is 2.21. The predicted octanol–water partition coefficient (Wildman–Crippen LogP) is 3.41. The Morgan fingerprint density at radius 2 is 2.00 bits per heavy atom. The van der Waals surface area contributed by atoms with Crippen LogP contribution in [0.2, 0.25) is 0 Å². The molecule has 1 fully saturated rings. The van der Waals surface area contributed by atoms with Gasteiger partial charge in [0.15, 0.2) is 0 Å². The predicted molar refractivity (Wildman–Crippen MR) is 88.1 cm³/mol. The third-order valence-electron chi connectivity index (χ3n) is 4.29. The number of rotatable bonds is 5. The van der Waals surface area contributed by atoms with Gasteiger partial charge < -0.3 is 14.8 Å². The molecule has 1 N–H and O–H groups in total. The van der Waals surface area contributed by atoms with E-state index in [0.717, 1.165) is 23.5 Å². The summed E-state index contributed by atoms with van der Waals surface area (Å²) >= 11 is 0. The van der Waals surface area contributed by atoms with E-state index in [2.05, 4.69) is 12.2 Å². The van der Waals surface area contributed by atoms with Gasteiger partial charge in [-0.2, -0.15) is 0 Å². The number of methoxy groups -OCH3 is 2. The molecule has 2 rings (SSSR count). The number of nitrogens with one attached hydrogen (secondary N) is 1. The Balaban J connectivity index is 2.02. The zero-order chi connectivity index (χ0) is 15.9. The topological polar surface area (TPSA) is 47.6 Å². The molecule has 0 unspecified atom stereocenters. The first-order valence-electron chi connectivity index (χ1n) is 7.84. The highest BCUT2D eigenvalue weighted by molar-refractivity contribution is 5.92. The van der Waals surface area contributed by atoms with Crippen LogP contribution in [0.15, 0.2) is 24.3 Å². The summed E-state index contributed by atoms with van der Waals surface area (Å²) in [5.41, 5.74) is 0.827. The van der Waals surface area contributed by atoms with Crippen LogP contribution in [0.5, 0.6) is 11.5 Å². The monoisotopic (exact) mass is 303 g/mol. The van der Waals surface area contributed by atoms with E-state index in [1.165, 1.54) is 19.3 Å². The summed E-state index contributed by atoms with van der Waals surface area (Å²) in [6.07, 6.45) is 8.07. The van der Waals surface area contributed by atoms with Gasteiger partial charge in [-0.25, -0.2) is 0 Å². The van der Waals surface area contributed by atoms with Crippen LogP contribution >= 0.6 is 0 Å². The van der Waals surface area contributed by atoms with E-state index in [9.17, 15) is 4.79 Å². The average Bonchev–Trinajstić information content (AvgIpc) is 2.54. The normalized spacial score (nSPS) is 21.6. The Labute approximate surface area is 132 Å². The molecule has 0 bridgehead atoms. The Morgan fingerprint density at radius 1 is 1.23 bits per heavy atom. The van der Waals surface area contributed by atoms with Crippen molar-refractivity contribution in [2.24, 2.45) is 5.92 Å². The number of ether oxygens (including phenoxy) is 2. The number of carbonyl (C=O) groups is 1. The van der Waals surface area contributed by atoms with E-state index >= 15 is 0 Å². The molecule has 1 aliphatic rings. The van der Waals surface area contributed by atoms with Crippen molar-refractivity contribution in [3.63, 3.8) is 0 Å². The number of hydrogen-bond acceptors (Lipinski definition) is 3. The van der Waals surface area contributed by atoms with E-state index in [0.29, 0.717) is 5.92 Å². The van der Waals surface area contributed by atoms with Gasteiger partial charge in [-0.1, -0.05) is 19.8 Å². The first-order valence-corrected chi connectivity index (χ1v) is 7.84. The van der Waals surface area contributed by atoms with Gasteiger partial charge in [-0.05, 0) is 43.0 Å². The summed E-state index contributed by atoms with van der Waals surface area (Å²) in [5.74, 6) is 1.96. The summed E-state index contributed by atoms with van der Waals surface area (Å²) < 4.78 is 10.5. The van der Waals surface area contributed by atoms with Crippen LogP contribution in [-0.4, -0.2) is 26.2 Å². The molecule has 0 aliphatic heterocycles. The first kappa shape index (κ1) is 16.4. The molecule has 0 heterocycles. The average molecular weight is 303 g/mol. The van der Waals surface area contributed by atoms with E-state index in [1.54, 1.807) is 26.4 Å². The van der Waals surface area contributed by atoms with Crippen LogP contribution in [0.3, 0.4) is 0 Å². The smallest absolute Gasteiger partial charge is 0.244 e. The van der Waals surface area contributed by atoms with Crippen molar-refractivity contribution >= 4 is 12.0 Å². The summed E-state index contributed by atoms with van der Waals surface area (Å²) in [6, 6.07) is 5.81. The third-order valence-corrected chi connectivity index (χ3v) is 4.29. The maximum Gasteiger partial charge on any atom is 0.244 e. The molecule has 4 nitrogen and oxygen atoms in total. The molecule has 0 saturated heterocycles. The van der Waals surface area contributed by atoms with Crippen molar-refractivity contribution in [3.05, 3.63) is 29.8 Å². The van der Waals surface area contributed by atoms with E-state index < -0.39 is 0 Å². The minimum atomic E-state index is -0.0522. The summed E-state index contributed by atoms with van der Waals surface area (Å²) in [7, 11) is 3.23. The minimum absolute atomic E-state index is 0.0522. The fourth-order valence-electron chi connectivity index (χ4n) is 2.90. The zero-order valence-electron chi connectivity index (χ0n) is 13.6. The molecule has 1 saturated carbocycles. The van der Waals surface area contributed by atoms with Gasteiger partial charge in [-0.3, -0.25) is 4.79 Å². The number of carbonyl (C=O) groups excluding carboxylic acids is 1. The van der Waals surface area contributed by atoms with Crippen molar-refractivity contribution in [2.75, 3.05) is 14.2 Å². The van der Waals surface area contributed by atoms with Crippen LogP contribution in [0, 0.1) is 5.92 Å². The molecule has 1 aliphatic carbocycles. The quantitative estimate of drug-likeness (QED) is 0.848. The van der Waals surface area contributed by atoms with Gasteiger partial charge in [0, 0.05) is 17.7 Å². The second kappa shape index (κ2) is 7.87. The minimum Gasteiger partial charge on any atom is -0.497 e. The molecule has 1 aromatic carbocycles. The largest absolute Gasteiger partial charge is 0.497 e. The van der Waals surface area contributed by atoms with Gasteiger partial charge in [0.2, 0.25) is 5.91 Å². The third kappa shape index (κ3) is 4.26. The SMILES string of the molecule is COc1ccc(OC)c(/C=C/C(=O)N[C@H]2CCCC[C@H]2C)c1. The lowest BCUT2D eigenvalue weighted by Crippen LogP contribution is -2.40. The van der Waals surface area contributed by atoms with E-state index in [-0.39, 0.29) is 11.9 Å². The Hall–Kier alpha value is -1.97. The second-order valence-corrected chi connectivity index (χ2v) is 5.82. The van der Waals surface area contributed by atoms with Gasteiger partial charge in [0.05, 0.1) is 14.2 Å². The lowest BCUT2D eigenvalue weighted by molar-refractivity contribution is -0.117. The molecule has 1 amide bonds. The van der Waals surface area contributed by atoms with Crippen molar-refractivity contribution in [3.8, 4) is 11.5 Å². The lowest BCUT2D eigenvalue weighted by atomic mass is 9.86. The Bertz CT molecular complexity index is 539. The molecule has 0 aromatic heterocycles. The van der Waals surface area contributed by atoms with Gasteiger partial charge in [0.25, 0.3) is 0 Å². The van der Waals surface area contributed by atoms with Crippen molar-refractivity contribution < 1.29 is 14.3 Å². The molecule has 0 radical (unpaired) electrons. The summed E-state index contributed by atoms with van der Waals surface area (Å²) in [4.78, 5) is 12.1. The molecule has 22 heavy (non-hydrogen) atoms. The van der Waals surface area contributed by atoms with Crippen molar-refractivity contribution in [1.82, 2.24) is 5.32 Å². The van der Waals surface area contributed by atoms with Crippen LogP contribution < -0.4 is 14.8 Å². The lowest BCUT2D eigenvalue weighted by Gasteiger charge is -2.29. The molecular formula is C18H25NO3. The maximum atomic E-state index is 12.1. The van der Waals surface area contributed by atoms with Gasteiger partial charge in [0.1, 0.15) is 11.5 Å². The fraction of sp³-hybridized carbons (Fsp3) is 0.500. The van der Waals surface area contributed by atoms with E-state index in [4.69, 9.17) is 9.47 Å². The van der Waals surface area contributed by atoms with Crippen LogP contribution in [0.25, 0.3) is 6.08 Å². The van der Waals surface area contributed by atoms with Gasteiger partial charge >= 0.3 is 0 Å². The van der Waals surface area contributed by atoms with Gasteiger partial charge in [-0.15, -0.1) is 0 Å². The van der Waals surface area contributed by atoms with E-state index in [1.807, 2.05) is 18.2 Å². The zero-order valence-corrected chi connectivity index (χ0v) is 13.6.